The van der Waals surface area contributed by atoms with Gasteiger partial charge in [-0.2, -0.15) is 0 Å². The van der Waals surface area contributed by atoms with Crippen LogP contribution in [0.1, 0.15) is 0 Å². The minimum atomic E-state index is -4.70. The van der Waals surface area contributed by atoms with E-state index < -0.39 is 22.2 Å². The van der Waals surface area contributed by atoms with Gasteiger partial charge in [-0.25, -0.2) is 8.42 Å². The second-order valence-corrected chi connectivity index (χ2v) is 9.68. The fourth-order valence-corrected chi connectivity index (χ4v) is 6.19. The molecule has 0 amide bonds. The Hall–Kier alpha value is -1.40. The second-order valence-electron chi connectivity index (χ2n) is 5.57. The van der Waals surface area contributed by atoms with Gasteiger partial charge < -0.3 is 13.9 Å². The standard InChI is InChI=1S/C19H17O5PS.Na/c1-24-18-13-12-17(26(21,22)23)14-19(18)25(20,15-8-4-2-5-9-15)16-10-6-3-7-11-16;/h2-14H,1H3,(H,21,22,23);/q;+1/p-1. The maximum atomic E-state index is 14.3. The molecule has 3 aromatic rings. The summed E-state index contributed by atoms with van der Waals surface area (Å²) in [5.74, 6) is 0.258. The molecule has 0 aliphatic rings. The summed E-state index contributed by atoms with van der Waals surface area (Å²) in [5, 5.41) is 1.21. The van der Waals surface area contributed by atoms with E-state index in [1.165, 1.54) is 13.2 Å². The molecule has 0 aromatic heterocycles. The Labute approximate surface area is 180 Å². The summed E-state index contributed by atoms with van der Waals surface area (Å²) in [6.07, 6.45) is 0. The minimum Gasteiger partial charge on any atom is -0.744 e. The van der Waals surface area contributed by atoms with E-state index in [0.29, 0.717) is 10.6 Å². The van der Waals surface area contributed by atoms with E-state index in [1.807, 2.05) is 0 Å². The van der Waals surface area contributed by atoms with E-state index in [0.717, 1.165) is 12.1 Å². The van der Waals surface area contributed by atoms with Crippen LogP contribution in [0.3, 0.4) is 0 Å². The molecule has 0 saturated heterocycles. The zero-order chi connectivity index (χ0) is 18.8. The van der Waals surface area contributed by atoms with E-state index in [1.54, 1.807) is 60.7 Å². The first kappa shape index (κ1) is 21.9. The number of ether oxygens (including phenoxy) is 1. The average Bonchev–Trinajstić information content (AvgIpc) is 2.67. The third-order valence-corrected chi connectivity index (χ3v) is 7.93. The molecule has 8 heteroatoms. The van der Waals surface area contributed by atoms with Crippen molar-refractivity contribution >= 4 is 33.2 Å². The summed E-state index contributed by atoms with van der Waals surface area (Å²) >= 11 is 0. The molecule has 0 unspecified atom stereocenters. The van der Waals surface area contributed by atoms with Crippen molar-refractivity contribution in [3.63, 3.8) is 0 Å². The predicted octanol–water partition coefficient (Wildman–Crippen LogP) is -0.757. The van der Waals surface area contributed by atoms with Gasteiger partial charge in [0.15, 0.2) is 7.14 Å². The van der Waals surface area contributed by atoms with Crippen molar-refractivity contribution in [1.82, 2.24) is 0 Å². The summed E-state index contributed by atoms with van der Waals surface area (Å²) in [6, 6.07) is 21.2. The molecule has 0 saturated carbocycles. The van der Waals surface area contributed by atoms with Gasteiger partial charge in [-0.15, -0.1) is 0 Å². The molecule has 0 heterocycles. The van der Waals surface area contributed by atoms with Crippen molar-refractivity contribution in [1.29, 1.82) is 0 Å². The van der Waals surface area contributed by atoms with E-state index in [9.17, 15) is 17.5 Å². The van der Waals surface area contributed by atoms with Gasteiger partial charge in [0.05, 0.1) is 17.3 Å². The van der Waals surface area contributed by atoms with Crippen LogP contribution in [0.4, 0.5) is 0 Å². The molecular weight excluding hydrogens is 394 g/mol. The molecule has 0 atom stereocenters. The summed E-state index contributed by atoms with van der Waals surface area (Å²) in [6.45, 7) is 0. The molecule has 3 rings (SSSR count). The van der Waals surface area contributed by atoms with Crippen LogP contribution in [-0.2, 0) is 14.7 Å². The Balaban J connectivity index is 0.00000261. The molecule has 0 aliphatic carbocycles. The fraction of sp³-hybridized carbons (Fsp3) is 0.0526. The van der Waals surface area contributed by atoms with Crippen LogP contribution in [0, 0.1) is 0 Å². The van der Waals surface area contributed by atoms with E-state index in [2.05, 4.69) is 0 Å². The molecule has 0 aliphatic heterocycles. The Morgan fingerprint density at radius 3 is 1.74 bits per heavy atom. The first-order valence-electron chi connectivity index (χ1n) is 7.73. The van der Waals surface area contributed by atoms with Crippen molar-refractivity contribution in [2.75, 3.05) is 7.11 Å². The van der Waals surface area contributed by atoms with Crippen molar-refractivity contribution in [2.24, 2.45) is 0 Å². The maximum Gasteiger partial charge on any atom is 1.00 e. The first-order chi connectivity index (χ1) is 12.4. The van der Waals surface area contributed by atoms with Crippen LogP contribution in [0.2, 0.25) is 0 Å². The van der Waals surface area contributed by atoms with Gasteiger partial charge in [0.25, 0.3) is 0 Å². The zero-order valence-corrected chi connectivity index (χ0v) is 18.6. The number of methoxy groups -OCH3 is 1. The Kier molecular flexibility index (Phi) is 7.09. The average molecular weight is 410 g/mol. The topological polar surface area (TPSA) is 83.5 Å². The van der Waals surface area contributed by atoms with Crippen LogP contribution < -0.4 is 50.2 Å². The minimum absolute atomic E-state index is 0. The Morgan fingerprint density at radius 2 is 1.33 bits per heavy atom. The number of hydrogen-bond donors (Lipinski definition) is 0. The van der Waals surface area contributed by atoms with Crippen LogP contribution in [0.25, 0.3) is 0 Å². The molecule has 0 N–H and O–H groups in total. The summed E-state index contributed by atoms with van der Waals surface area (Å²) in [4.78, 5) is -0.444. The normalized spacial score (nSPS) is 11.5. The molecule has 5 nitrogen and oxygen atoms in total. The summed E-state index contributed by atoms with van der Waals surface area (Å²) < 4.78 is 54.1. The van der Waals surface area contributed by atoms with Gasteiger partial charge in [-0.1, -0.05) is 60.7 Å². The van der Waals surface area contributed by atoms with E-state index in [4.69, 9.17) is 4.74 Å². The van der Waals surface area contributed by atoms with Crippen molar-refractivity contribution in [2.45, 2.75) is 4.90 Å². The molecule has 0 fully saturated rings. The molecule has 0 spiro atoms. The van der Waals surface area contributed by atoms with Gasteiger partial charge >= 0.3 is 29.6 Å². The second kappa shape index (κ2) is 8.74. The first-order valence-corrected chi connectivity index (χ1v) is 10.8. The molecular formula is C19H16NaO5PS. The monoisotopic (exact) mass is 410 g/mol. The molecule has 3 aromatic carbocycles. The van der Waals surface area contributed by atoms with Crippen molar-refractivity contribution in [3.8, 4) is 5.75 Å². The number of benzene rings is 3. The number of hydrogen-bond acceptors (Lipinski definition) is 5. The third kappa shape index (κ3) is 4.37. The fourth-order valence-electron chi connectivity index (χ4n) is 2.77. The van der Waals surface area contributed by atoms with Crippen LogP contribution in [0.15, 0.2) is 83.8 Å². The van der Waals surface area contributed by atoms with E-state index >= 15 is 0 Å². The smallest absolute Gasteiger partial charge is 0.744 e. The van der Waals surface area contributed by atoms with E-state index in [-0.39, 0.29) is 40.6 Å². The Morgan fingerprint density at radius 1 is 0.852 bits per heavy atom. The number of rotatable bonds is 5. The van der Waals surface area contributed by atoms with Crippen LogP contribution in [0.5, 0.6) is 5.75 Å². The zero-order valence-electron chi connectivity index (χ0n) is 14.9. The molecule has 27 heavy (non-hydrogen) atoms. The molecule has 134 valence electrons. The SMILES string of the molecule is COc1ccc(S(=O)(=O)[O-])cc1P(=O)(c1ccccc1)c1ccccc1.[Na+]. The summed E-state index contributed by atoms with van der Waals surface area (Å²) in [7, 11) is -6.75. The van der Waals surface area contributed by atoms with Gasteiger partial charge in [0.1, 0.15) is 15.9 Å². The summed E-state index contributed by atoms with van der Waals surface area (Å²) in [5.41, 5.74) is 0. The van der Waals surface area contributed by atoms with Crippen molar-refractivity contribution < 1.29 is 51.8 Å². The largest absolute Gasteiger partial charge is 1.00 e. The van der Waals surface area contributed by atoms with Crippen LogP contribution >= 0.6 is 7.14 Å². The Bertz CT molecular complexity index is 1030. The van der Waals surface area contributed by atoms with Gasteiger partial charge in [0.2, 0.25) is 0 Å². The van der Waals surface area contributed by atoms with Crippen molar-refractivity contribution in [3.05, 3.63) is 78.9 Å². The molecule has 0 bridgehead atoms. The quantitative estimate of drug-likeness (QED) is 0.314. The van der Waals surface area contributed by atoms with Gasteiger partial charge in [-0.3, -0.25) is 0 Å². The van der Waals surface area contributed by atoms with Crippen LogP contribution in [-0.4, -0.2) is 20.1 Å². The predicted molar refractivity (Wildman–Crippen MR) is 100 cm³/mol. The maximum absolute atomic E-state index is 14.3. The van der Waals surface area contributed by atoms with Gasteiger partial charge in [-0.05, 0) is 18.2 Å². The van der Waals surface area contributed by atoms with Gasteiger partial charge in [0, 0.05) is 10.6 Å². The third-order valence-electron chi connectivity index (χ3n) is 4.02. The molecule has 0 radical (unpaired) electrons.